The van der Waals surface area contributed by atoms with E-state index in [0.717, 1.165) is 6.07 Å². The average molecular weight is 228 g/mol. The minimum atomic E-state index is -2.78. The number of hydrogen-bond donors (Lipinski definition) is 0. The fourth-order valence-electron chi connectivity index (χ4n) is 1.07. The zero-order valence-corrected chi connectivity index (χ0v) is 8.09. The lowest BCUT2D eigenvalue weighted by Crippen LogP contribution is -1.99. The largest absolute Gasteiger partial charge is 0.264 e. The minimum absolute atomic E-state index is 0.0202. The van der Waals surface area contributed by atoms with E-state index in [9.17, 15) is 8.78 Å². The SMILES string of the molecule is N#CCc1c(C(F)F)cc(C#N)nc1Cl. The summed E-state index contributed by atoms with van der Waals surface area (Å²) in [5.74, 6) is 0. The van der Waals surface area contributed by atoms with Crippen LogP contribution in [0.1, 0.15) is 23.2 Å². The van der Waals surface area contributed by atoms with E-state index in [1.807, 2.05) is 0 Å². The molecule has 0 N–H and O–H groups in total. The molecule has 3 nitrogen and oxygen atoms in total. The number of aromatic nitrogens is 1. The third-order valence-corrected chi connectivity index (χ3v) is 2.03. The topological polar surface area (TPSA) is 60.5 Å². The quantitative estimate of drug-likeness (QED) is 0.730. The highest BCUT2D eigenvalue weighted by atomic mass is 35.5. The first-order valence-corrected chi connectivity index (χ1v) is 4.22. The first-order valence-electron chi connectivity index (χ1n) is 3.84. The highest BCUT2D eigenvalue weighted by molar-refractivity contribution is 6.30. The Morgan fingerprint density at radius 2 is 2.13 bits per heavy atom. The summed E-state index contributed by atoms with van der Waals surface area (Å²) in [7, 11) is 0. The maximum atomic E-state index is 12.5. The van der Waals surface area contributed by atoms with Crippen molar-refractivity contribution in [3.63, 3.8) is 0 Å². The molecule has 15 heavy (non-hydrogen) atoms. The van der Waals surface area contributed by atoms with Crippen LogP contribution in [0, 0.1) is 22.7 Å². The molecule has 0 aromatic carbocycles. The van der Waals surface area contributed by atoms with Gasteiger partial charge in [-0.3, -0.25) is 0 Å². The number of hydrogen-bond acceptors (Lipinski definition) is 3. The highest BCUT2D eigenvalue weighted by Gasteiger charge is 2.18. The molecule has 0 aliphatic heterocycles. The third-order valence-electron chi connectivity index (χ3n) is 1.71. The fraction of sp³-hybridized carbons (Fsp3) is 0.222. The molecule has 0 spiro atoms. The van der Waals surface area contributed by atoms with Crippen LogP contribution >= 0.6 is 11.6 Å². The van der Waals surface area contributed by atoms with Crippen LogP contribution in [-0.4, -0.2) is 4.98 Å². The molecular formula is C9H4ClF2N3. The second-order valence-electron chi connectivity index (χ2n) is 2.61. The van der Waals surface area contributed by atoms with Crippen molar-refractivity contribution in [1.29, 1.82) is 10.5 Å². The van der Waals surface area contributed by atoms with Gasteiger partial charge in [-0.1, -0.05) is 11.6 Å². The number of halogens is 3. The molecule has 1 aromatic rings. The van der Waals surface area contributed by atoms with E-state index in [1.165, 1.54) is 0 Å². The predicted octanol–water partition coefficient (Wildman–Crippen LogP) is 2.61. The van der Waals surface area contributed by atoms with Crippen LogP contribution in [-0.2, 0) is 6.42 Å². The van der Waals surface area contributed by atoms with Crippen molar-refractivity contribution >= 4 is 11.6 Å². The van der Waals surface area contributed by atoms with Gasteiger partial charge in [0.05, 0.1) is 12.5 Å². The van der Waals surface area contributed by atoms with Crippen LogP contribution in [0.3, 0.4) is 0 Å². The Balaban J connectivity index is 3.38. The van der Waals surface area contributed by atoms with Gasteiger partial charge in [0.2, 0.25) is 0 Å². The lowest BCUT2D eigenvalue weighted by atomic mass is 10.1. The smallest absolute Gasteiger partial charge is 0.225 e. The predicted molar refractivity (Wildman–Crippen MR) is 48.2 cm³/mol. The molecular weight excluding hydrogens is 224 g/mol. The summed E-state index contributed by atoms with van der Waals surface area (Å²) < 4.78 is 25.1. The first kappa shape index (κ1) is 11.4. The van der Waals surface area contributed by atoms with Crippen LogP contribution in [0.5, 0.6) is 0 Å². The van der Waals surface area contributed by atoms with Gasteiger partial charge in [-0.05, 0) is 6.07 Å². The van der Waals surface area contributed by atoms with Gasteiger partial charge in [-0.2, -0.15) is 10.5 Å². The Morgan fingerprint density at radius 3 is 2.60 bits per heavy atom. The van der Waals surface area contributed by atoms with Crippen LogP contribution in [0.2, 0.25) is 5.15 Å². The first-order chi connectivity index (χ1) is 7.10. The van der Waals surface area contributed by atoms with Crippen molar-refractivity contribution in [3.05, 3.63) is 28.0 Å². The van der Waals surface area contributed by atoms with E-state index in [1.54, 1.807) is 12.1 Å². The number of nitrogens with zero attached hydrogens (tertiary/aromatic N) is 3. The summed E-state index contributed by atoms with van der Waals surface area (Å²) in [6.07, 6.45) is -3.03. The maximum absolute atomic E-state index is 12.5. The molecule has 1 aromatic heterocycles. The Bertz CT molecular complexity index is 460. The maximum Gasteiger partial charge on any atom is 0.264 e. The third kappa shape index (κ3) is 2.39. The molecule has 0 amide bonds. The van der Waals surface area contributed by atoms with Gasteiger partial charge in [-0.25, -0.2) is 13.8 Å². The van der Waals surface area contributed by atoms with Gasteiger partial charge in [0.25, 0.3) is 6.43 Å². The van der Waals surface area contributed by atoms with E-state index >= 15 is 0 Å². The Labute approximate surface area is 89.5 Å². The van der Waals surface area contributed by atoms with E-state index in [-0.39, 0.29) is 22.8 Å². The number of alkyl halides is 2. The number of rotatable bonds is 2. The Morgan fingerprint density at radius 1 is 1.47 bits per heavy atom. The zero-order valence-electron chi connectivity index (χ0n) is 7.34. The Hall–Kier alpha value is -1.72. The Kier molecular flexibility index (Phi) is 3.54. The summed E-state index contributed by atoms with van der Waals surface area (Å²) in [5.41, 5.74) is -0.613. The number of nitriles is 2. The monoisotopic (exact) mass is 227 g/mol. The van der Waals surface area contributed by atoms with Crippen LogP contribution < -0.4 is 0 Å². The van der Waals surface area contributed by atoms with E-state index in [0.29, 0.717) is 0 Å². The van der Waals surface area contributed by atoms with Crippen molar-refractivity contribution in [3.8, 4) is 12.1 Å². The normalized spacial score (nSPS) is 9.73. The molecule has 0 aliphatic rings. The standard InChI is InChI=1S/C9H4ClF2N3/c10-8-6(1-2-13)7(9(11)12)3-5(4-14)15-8/h3,9H,1H2. The lowest BCUT2D eigenvalue weighted by Gasteiger charge is -2.07. The molecule has 0 radical (unpaired) electrons. The molecule has 0 bridgehead atoms. The molecule has 0 unspecified atom stereocenters. The van der Waals surface area contributed by atoms with Gasteiger partial charge in [0.15, 0.2) is 0 Å². The summed E-state index contributed by atoms with van der Waals surface area (Å²) in [4.78, 5) is 3.57. The van der Waals surface area contributed by atoms with Gasteiger partial charge < -0.3 is 0 Å². The van der Waals surface area contributed by atoms with Crippen molar-refractivity contribution in [2.75, 3.05) is 0 Å². The molecule has 0 saturated carbocycles. The van der Waals surface area contributed by atoms with Crippen LogP contribution in [0.15, 0.2) is 6.07 Å². The van der Waals surface area contributed by atoms with Crippen LogP contribution in [0.4, 0.5) is 8.78 Å². The van der Waals surface area contributed by atoms with Gasteiger partial charge in [-0.15, -0.1) is 0 Å². The van der Waals surface area contributed by atoms with Gasteiger partial charge in [0.1, 0.15) is 16.9 Å². The molecule has 76 valence electrons. The second kappa shape index (κ2) is 4.68. The molecule has 1 rings (SSSR count). The molecule has 1 heterocycles. The summed E-state index contributed by atoms with van der Waals surface area (Å²) in [6, 6.07) is 4.29. The van der Waals surface area contributed by atoms with Crippen molar-refractivity contribution < 1.29 is 8.78 Å². The fourth-order valence-corrected chi connectivity index (χ4v) is 1.33. The van der Waals surface area contributed by atoms with Gasteiger partial charge in [0, 0.05) is 11.1 Å². The second-order valence-corrected chi connectivity index (χ2v) is 2.97. The molecule has 0 aliphatic carbocycles. The molecule has 6 heteroatoms. The average Bonchev–Trinajstić information content (AvgIpc) is 2.20. The molecule has 0 atom stereocenters. The summed E-state index contributed by atoms with van der Waals surface area (Å²) >= 11 is 5.59. The van der Waals surface area contributed by atoms with Crippen molar-refractivity contribution in [1.82, 2.24) is 4.98 Å². The van der Waals surface area contributed by atoms with E-state index in [2.05, 4.69) is 4.98 Å². The number of pyridine rings is 1. The van der Waals surface area contributed by atoms with E-state index < -0.39 is 12.0 Å². The summed E-state index contributed by atoms with van der Waals surface area (Å²) in [6.45, 7) is 0. The van der Waals surface area contributed by atoms with Crippen molar-refractivity contribution in [2.45, 2.75) is 12.8 Å². The van der Waals surface area contributed by atoms with Crippen molar-refractivity contribution in [2.24, 2.45) is 0 Å². The molecule has 0 fully saturated rings. The zero-order chi connectivity index (χ0) is 11.4. The summed E-state index contributed by atoms with van der Waals surface area (Å²) in [5, 5.41) is 16.7. The highest BCUT2D eigenvalue weighted by Crippen LogP contribution is 2.28. The van der Waals surface area contributed by atoms with Gasteiger partial charge >= 0.3 is 0 Å². The molecule has 0 saturated heterocycles. The van der Waals surface area contributed by atoms with Crippen LogP contribution in [0.25, 0.3) is 0 Å². The minimum Gasteiger partial charge on any atom is -0.225 e. The van der Waals surface area contributed by atoms with E-state index in [4.69, 9.17) is 22.1 Å². The lowest BCUT2D eigenvalue weighted by molar-refractivity contribution is 0.150.